The van der Waals surface area contributed by atoms with E-state index in [9.17, 15) is 0 Å². The van der Waals surface area contributed by atoms with Gasteiger partial charge in [-0.25, -0.2) is 0 Å². The normalized spacial score (nSPS) is 10.6. The first-order valence-electron chi connectivity index (χ1n) is 6.04. The quantitative estimate of drug-likeness (QED) is 0.563. The molecule has 0 saturated heterocycles. The zero-order valence-electron chi connectivity index (χ0n) is 11.0. The van der Waals surface area contributed by atoms with Gasteiger partial charge in [0, 0.05) is 18.3 Å². The molecule has 0 aromatic heterocycles. The van der Waals surface area contributed by atoms with Crippen LogP contribution in [-0.4, -0.2) is 38.7 Å². The van der Waals surface area contributed by atoms with Gasteiger partial charge in [-0.1, -0.05) is 0 Å². The lowest BCUT2D eigenvalue weighted by Gasteiger charge is -2.12. The second kappa shape index (κ2) is 7.01. The fraction of sp³-hybridized carbons (Fsp3) is 0.538. The lowest BCUT2D eigenvalue weighted by atomic mass is 10.2. The Labute approximate surface area is 104 Å². The molecular formula is C13H23N3O. The van der Waals surface area contributed by atoms with Gasteiger partial charge in [-0.05, 0) is 46.1 Å². The number of rotatable bonds is 7. The van der Waals surface area contributed by atoms with E-state index in [4.69, 9.17) is 10.5 Å². The number of anilines is 2. The second-order valence-electron chi connectivity index (χ2n) is 4.27. The Hall–Kier alpha value is -1.42. The summed E-state index contributed by atoms with van der Waals surface area (Å²) in [5.74, 6) is 0.755. The van der Waals surface area contributed by atoms with Gasteiger partial charge in [0.15, 0.2) is 0 Å². The molecule has 3 N–H and O–H groups in total. The first-order chi connectivity index (χ1) is 8.13. The Morgan fingerprint density at radius 2 is 2.12 bits per heavy atom. The van der Waals surface area contributed by atoms with Crippen molar-refractivity contribution in [1.82, 2.24) is 4.90 Å². The van der Waals surface area contributed by atoms with Crippen LogP contribution in [0.1, 0.15) is 13.3 Å². The summed E-state index contributed by atoms with van der Waals surface area (Å²) >= 11 is 0. The molecule has 0 aliphatic carbocycles. The molecule has 0 heterocycles. The van der Waals surface area contributed by atoms with E-state index in [0.717, 1.165) is 30.9 Å². The maximum atomic E-state index is 5.81. The molecule has 0 aliphatic heterocycles. The van der Waals surface area contributed by atoms with Crippen LogP contribution in [-0.2, 0) is 0 Å². The average molecular weight is 237 g/mol. The zero-order chi connectivity index (χ0) is 12.7. The second-order valence-corrected chi connectivity index (χ2v) is 4.27. The highest BCUT2D eigenvalue weighted by Gasteiger charge is 2.01. The average Bonchev–Trinajstić information content (AvgIpc) is 2.28. The highest BCUT2D eigenvalue weighted by Crippen LogP contribution is 2.25. The minimum atomic E-state index is 0.633. The summed E-state index contributed by atoms with van der Waals surface area (Å²) in [5, 5.41) is 3.36. The highest BCUT2D eigenvalue weighted by atomic mass is 16.5. The van der Waals surface area contributed by atoms with E-state index in [2.05, 4.69) is 24.3 Å². The highest BCUT2D eigenvalue weighted by molar-refractivity contribution is 5.61. The van der Waals surface area contributed by atoms with Crippen LogP contribution in [0.5, 0.6) is 5.75 Å². The summed E-state index contributed by atoms with van der Waals surface area (Å²) in [5.41, 5.74) is 7.55. The predicted molar refractivity (Wildman–Crippen MR) is 73.7 cm³/mol. The van der Waals surface area contributed by atoms with Crippen LogP contribution in [0.2, 0.25) is 0 Å². The fourth-order valence-corrected chi connectivity index (χ4v) is 1.55. The summed E-state index contributed by atoms with van der Waals surface area (Å²) in [7, 11) is 4.16. The third-order valence-corrected chi connectivity index (χ3v) is 2.42. The third kappa shape index (κ3) is 4.95. The Morgan fingerprint density at radius 3 is 2.76 bits per heavy atom. The zero-order valence-corrected chi connectivity index (χ0v) is 11.0. The Bertz CT molecular complexity index is 339. The maximum Gasteiger partial charge on any atom is 0.144 e. The standard InChI is InChI=1S/C13H23N3O/c1-4-17-13-10-11(6-7-12(13)14)15-8-5-9-16(2)3/h6-7,10,15H,4-5,8-9,14H2,1-3H3. The molecule has 0 unspecified atom stereocenters. The van der Waals surface area contributed by atoms with Gasteiger partial charge in [-0.2, -0.15) is 0 Å². The smallest absolute Gasteiger partial charge is 0.144 e. The first-order valence-corrected chi connectivity index (χ1v) is 6.04. The third-order valence-electron chi connectivity index (χ3n) is 2.42. The van der Waals surface area contributed by atoms with Crippen LogP contribution >= 0.6 is 0 Å². The maximum absolute atomic E-state index is 5.81. The molecule has 1 rings (SSSR count). The summed E-state index contributed by atoms with van der Waals surface area (Å²) in [6, 6.07) is 5.81. The topological polar surface area (TPSA) is 50.5 Å². The van der Waals surface area contributed by atoms with Gasteiger partial charge < -0.3 is 20.7 Å². The van der Waals surface area contributed by atoms with Crippen molar-refractivity contribution < 1.29 is 4.74 Å². The molecule has 0 fully saturated rings. The number of nitrogen functional groups attached to an aromatic ring is 1. The van der Waals surface area contributed by atoms with Gasteiger partial charge >= 0.3 is 0 Å². The van der Waals surface area contributed by atoms with Gasteiger partial charge in [0.2, 0.25) is 0 Å². The van der Waals surface area contributed by atoms with Crippen LogP contribution < -0.4 is 15.8 Å². The Morgan fingerprint density at radius 1 is 1.35 bits per heavy atom. The van der Waals surface area contributed by atoms with Gasteiger partial charge in [-0.15, -0.1) is 0 Å². The van der Waals surface area contributed by atoms with Crippen molar-refractivity contribution >= 4 is 11.4 Å². The molecule has 0 bridgehead atoms. The van der Waals surface area contributed by atoms with Crippen molar-refractivity contribution in [3.63, 3.8) is 0 Å². The minimum absolute atomic E-state index is 0.633. The lowest BCUT2D eigenvalue weighted by Crippen LogP contribution is -2.16. The van der Waals surface area contributed by atoms with E-state index in [-0.39, 0.29) is 0 Å². The summed E-state index contributed by atoms with van der Waals surface area (Å²) in [6.45, 7) is 4.62. The molecular weight excluding hydrogens is 214 g/mol. The molecule has 0 saturated carbocycles. The van der Waals surface area contributed by atoms with E-state index < -0.39 is 0 Å². The summed E-state index contributed by atoms with van der Waals surface area (Å²) in [6.07, 6.45) is 1.11. The van der Waals surface area contributed by atoms with Crippen molar-refractivity contribution in [2.24, 2.45) is 0 Å². The largest absolute Gasteiger partial charge is 0.492 e. The first kappa shape index (κ1) is 13.6. The van der Waals surface area contributed by atoms with Gasteiger partial charge in [-0.3, -0.25) is 0 Å². The van der Waals surface area contributed by atoms with Crippen molar-refractivity contribution in [3.05, 3.63) is 18.2 Å². The molecule has 17 heavy (non-hydrogen) atoms. The molecule has 0 amide bonds. The number of nitrogens with zero attached hydrogens (tertiary/aromatic N) is 1. The molecule has 96 valence electrons. The van der Waals surface area contributed by atoms with Gasteiger partial charge in [0.1, 0.15) is 5.75 Å². The molecule has 0 atom stereocenters. The number of benzene rings is 1. The minimum Gasteiger partial charge on any atom is -0.492 e. The monoisotopic (exact) mass is 237 g/mol. The fourth-order valence-electron chi connectivity index (χ4n) is 1.55. The van der Waals surface area contributed by atoms with E-state index >= 15 is 0 Å². The van der Waals surface area contributed by atoms with Crippen LogP contribution in [0, 0.1) is 0 Å². The van der Waals surface area contributed by atoms with Gasteiger partial charge in [0.05, 0.1) is 12.3 Å². The Kier molecular flexibility index (Phi) is 5.63. The molecule has 1 aromatic rings. The molecule has 0 aliphatic rings. The molecule has 4 nitrogen and oxygen atoms in total. The van der Waals surface area contributed by atoms with E-state index in [1.165, 1.54) is 0 Å². The van der Waals surface area contributed by atoms with Gasteiger partial charge in [0.25, 0.3) is 0 Å². The van der Waals surface area contributed by atoms with Crippen LogP contribution in [0.15, 0.2) is 18.2 Å². The number of ether oxygens (including phenoxy) is 1. The number of nitrogens with one attached hydrogen (secondary N) is 1. The SMILES string of the molecule is CCOc1cc(NCCCN(C)C)ccc1N. The summed E-state index contributed by atoms with van der Waals surface area (Å²) in [4.78, 5) is 2.18. The van der Waals surface area contributed by atoms with Crippen molar-refractivity contribution in [2.45, 2.75) is 13.3 Å². The molecule has 1 aromatic carbocycles. The molecule has 0 radical (unpaired) electrons. The molecule has 0 spiro atoms. The van der Waals surface area contributed by atoms with Crippen molar-refractivity contribution in [3.8, 4) is 5.75 Å². The summed E-state index contributed by atoms with van der Waals surface area (Å²) < 4.78 is 5.45. The number of hydrogen-bond donors (Lipinski definition) is 2. The van der Waals surface area contributed by atoms with Crippen molar-refractivity contribution in [1.29, 1.82) is 0 Å². The Balaban J connectivity index is 2.45. The number of hydrogen-bond acceptors (Lipinski definition) is 4. The van der Waals surface area contributed by atoms with Crippen LogP contribution in [0.25, 0.3) is 0 Å². The molecule has 4 heteroatoms. The lowest BCUT2D eigenvalue weighted by molar-refractivity contribution is 0.342. The van der Waals surface area contributed by atoms with Crippen molar-refractivity contribution in [2.75, 3.05) is 44.8 Å². The van der Waals surface area contributed by atoms with E-state index in [0.29, 0.717) is 12.3 Å². The van der Waals surface area contributed by atoms with Crippen LogP contribution in [0.4, 0.5) is 11.4 Å². The van der Waals surface area contributed by atoms with Crippen LogP contribution in [0.3, 0.4) is 0 Å². The van der Waals surface area contributed by atoms with E-state index in [1.807, 2.05) is 25.1 Å². The van der Waals surface area contributed by atoms with E-state index in [1.54, 1.807) is 0 Å². The number of nitrogens with two attached hydrogens (primary N) is 1. The predicted octanol–water partition coefficient (Wildman–Crippen LogP) is 2.03.